The minimum absolute atomic E-state index is 0.00885. The van der Waals surface area contributed by atoms with Crippen LogP contribution in [0.3, 0.4) is 0 Å². The number of carbonyl (C=O) groups is 1. The standard InChI is InChI=1S/C19H29N3O3/c1-24-16-9-14(10-17(11-16)25-2)12-22-8-6-15(13-22)21-19(23)18-5-3-4-7-20-18/h9-11,15,18,20H,3-8,12-13H2,1-2H3,(H,21,23)/t15?,18-/m1/s1. The SMILES string of the molecule is COc1cc(CN2CCC(NC(=O)[C@H]3CCCCN3)C2)cc(OC)c1. The van der Waals surface area contributed by atoms with Crippen molar-refractivity contribution in [2.24, 2.45) is 0 Å². The summed E-state index contributed by atoms with van der Waals surface area (Å²) in [5, 5.41) is 6.53. The summed E-state index contributed by atoms with van der Waals surface area (Å²) in [7, 11) is 3.33. The quantitative estimate of drug-likeness (QED) is 0.817. The highest BCUT2D eigenvalue weighted by Crippen LogP contribution is 2.24. The topological polar surface area (TPSA) is 62.8 Å². The largest absolute Gasteiger partial charge is 0.497 e. The predicted octanol–water partition coefficient (Wildman–Crippen LogP) is 1.54. The maximum Gasteiger partial charge on any atom is 0.237 e. The molecule has 0 bridgehead atoms. The molecule has 0 aliphatic carbocycles. The summed E-state index contributed by atoms with van der Waals surface area (Å²) in [6.07, 6.45) is 4.26. The monoisotopic (exact) mass is 347 g/mol. The lowest BCUT2D eigenvalue weighted by Gasteiger charge is -2.24. The Kier molecular flexibility index (Phi) is 6.15. The fraction of sp³-hybridized carbons (Fsp3) is 0.632. The van der Waals surface area contributed by atoms with E-state index in [0.29, 0.717) is 0 Å². The van der Waals surface area contributed by atoms with Crippen LogP contribution in [0.25, 0.3) is 0 Å². The van der Waals surface area contributed by atoms with E-state index in [9.17, 15) is 4.79 Å². The molecule has 25 heavy (non-hydrogen) atoms. The molecule has 2 aliphatic rings. The Morgan fingerprint density at radius 3 is 2.60 bits per heavy atom. The van der Waals surface area contributed by atoms with Crippen molar-refractivity contribution >= 4 is 5.91 Å². The van der Waals surface area contributed by atoms with Crippen molar-refractivity contribution in [3.05, 3.63) is 23.8 Å². The smallest absolute Gasteiger partial charge is 0.237 e. The number of hydrogen-bond donors (Lipinski definition) is 2. The summed E-state index contributed by atoms with van der Waals surface area (Å²) in [5.41, 5.74) is 1.16. The Morgan fingerprint density at radius 2 is 1.96 bits per heavy atom. The van der Waals surface area contributed by atoms with Crippen molar-refractivity contribution in [2.75, 3.05) is 33.9 Å². The zero-order chi connectivity index (χ0) is 17.6. The molecule has 1 aromatic rings. The molecule has 1 amide bonds. The fourth-order valence-corrected chi connectivity index (χ4v) is 3.69. The van der Waals surface area contributed by atoms with Gasteiger partial charge in [0.1, 0.15) is 11.5 Å². The van der Waals surface area contributed by atoms with Crippen molar-refractivity contribution in [3.63, 3.8) is 0 Å². The number of benzene rings is 1. The predicted molar refractivity (Wildman–Crippen MR) is 97.0 cm³/mol. The van der Waals surface area contributed by atoms with Gasteiger partial charge in [0, 0.05) is 31.7 Å². The second-order valence-electron chi connectivity index (χ2n) is 6.95. The zero-order valence-corrected chi connectivity index (χ0v) is 15.2. The van der Waals surface area contributed by atoms with Gasteiger partial charge in [0.15, 0.2) is 0 Å². The van der Waals surface area contributed by atoms with Crippen LogP contribution in [-0.4, -0.2) is 56.7 Å². The van der Waals surface area contributed by atoms with E-state index in [2.05, 4.69) is 15.5 Å². The minimum atomic E-state index is -0.00885. The molecule has 2 heterocycles. The van der Waals surface area contributed by atoms with Crippen LogP contribution >= 0.6 is 0 Å². The first kappa shape index (κ1) is 18.0. The van der Waals surface area contributed by atoms with Crippen LogP contribution in [0.2, 0.25) is 0 Å². The van der Waals surface area contributed by atoms with Gasteiger partial charge >= 0.3 is 0 Å². The lowest BCUT2D eigenvalue weighted by Crippen LogP contribution is -2.50. The van der Waals surface area contributed by atoms with E-state index in [1.165, 1.54) is 6.42 Å². The molecule has 0 saturated carbocycles. The first-order valence-corrected chi connectivity index (χ1v) is 9.16. The van der Waals surface area contributed by atoms with Crippen LogP contribution in [-0.2, 0) is 11.3 Å². The van der Waals surface area contributed by atoms with E-state index in [4.69, 9.17) is 9.47 Å². The average molecular weight is 347 g/mol. The van der Waals surface area contributed by atoms with Crippen molar-refractivity contribution in [3.8, 4) is 11.5 Å². The number of hydrogen-bond acceptors (Lipinski definition) is 5. The number of methoxy groups -OCH3 is 2. The third-order valence-electron chi connectivity index (χ3n) is 5.06. The Morgan fingerprint density at radius 1 is 1.20 bits per heavy atom. The molecule has 1 aromatic carbocycles. The molecule has 2 N–H and O–H groups in total. The normalized spacial score (nSPS) is 24.1. The number of likely N-dealkylation sites (tertiary alicyclic amines) is 1. The first-order valence-electron chi connectivity index (χ1n) is 9.16. The lowest BCUT2D eigenvalue weighted by atomic mass is 10.0. The van der Waals surface area contributed by atoms with Gasteiger partial charge in [0.05, 0.1) is 20.3 Å². The molecule has 2 aliphatic heterocycles. The van der Waals surface area contributed by atoms with Crippen LogP contribution < -0.4 is 20.1 Å². The molecule has 138 valence electrons. The number of nitrogens with one attached hydrogen (secondary N) is 2. The summed E-state index contributed by atoms with van der Waals surface area (Å²) in [5.74, 6) is 1.78. The summed E-state index contributed by atoms with van der Waals surface area (Å²) in [6.45, 7) is 3.66. The number of piperidine rings is 1. The highest BCUT2D eigenvalue weighted by atomic mass is 16.5. The minimum Gasteiger partial charge on any atom is -0.497 e. The number of nitrogens with zero attached hydrogens (tertiary/aromatic N) is 1. The van der Waals surface area contributed by atoms with Gasteiger partial charge in [0.2, 0.25) is 5.91 Å². The molecule has 0 radical (unpaired) electrons. The third-order valence-corrected chi connectivity index (χ3v) is 5.06. The highest BCUT2D eigenvalue weighted by molar-refractivity contribution is 5.82. The molecule has 6 heteroatoms. The molecular weight excluding hydrogens is 318 g/mol. The number of amides is 1. The van der Waals surface area contributed by atoms with Crippen LogP contribution in [0.5, 0.6) is 11.5 Å². The fourth-order valence-electron chi connectivity index (χ4n) is 3.69. The van der Waals surface area contributed by atoms with Crippen LogP contribution in [0, 0.1) is 0 Å². The molecule has 0 spiro atoms. The van der Waals surface area contributed by atoms with Gasteiger partial charge in [-0.15, -0.1) is 0 Å². The Balaban J connectivity index is 1.52. The van der Waals surface area contributed by atoms with Gasteiger partial charge in [-0.05, 0) is 43.5 Å². The molecule has 3 rings (SSSR count). The van der Waals surface area contributed by atoms with Gasteiger partial charge in [0.25, 0.3) is 0 Å². The highest BCUT2D eigenvalue weighted by Gasteiger charge is 2.27. The molecule has 2 saturated heterocycles. The van der Waals surface area contributed by atoms with Crippen molar-refractivity contribution < 1.29 is 14.3 Å². The van der Waals surface area contributed by atoms with Crippen LogP contribution in [0.4, 0.5) is 0 Å². The van der Waals surface area contributed by atoms with Crippen LogP contribution in [0.15, 0.2) is 18.2 Å². The van der Waals surface area contributed by atoms with E-state index in [-0.39, 0.29) is 18.0 Å². The molecule has 0 aromatic heterocycles. The zero-order valence-electron chi connectivity index (χ0n) is 15.2. The number of rotatable bonds is 6. The van der Waals surface area contributed by atoms with E-state index < -0.39 is 0 Å². The van der Waals surface area contributed by atoms with Crippen LogP contribution in [0.1, 0.15) is 31.2 Å². The van der Waals surface area contributed by atoms with E-state index in [1.807, 2.05) is 18.2 Å². The maximum absolute atomic E-state index is 12.4. The molecule has 2 atom stereocenters. The molecule has 1 unspecified atom stereocenters. The van der Waals surface area contributed by atoms with Gasteiger partial charge in [-0.25, -0.2) is 0 Å². The van der Waals surface area contributed by atoms with Crippen molar-refractivity contribution in [2.45, 2.75) is 44.3 Å². The first-order chi connectivity index (χ1) is 12.2. The molecule has 6 nitrogen and oxygen atoms in total. The van der Waals surface area contributed by atoms with E-state index in [1.54, 1.807) is 14.2 Å². The molecule has 2 fully saturated rings. The second-order valence-corrected chi connectivity index (χ2v) is 6.95. The molecular formula is C19H29N3O3. The van der Waals surface area contributed by atoms with E-state index in [0.717, 1.165) is 62.5 Å². The van der Waals surface area contributed by atoms with Crippen molar-refractivity contribution in [1.82, 2.24) is 15.5 Å². The lowest BCUT2D eigenvalue weighted by molar-refractivity contribution is -0.124. The number of ether oxygens (including phenoxy) is 2. The Hall–Kier alpha value is -1.79. The number of carbonyl (C=O) groups excluding carboxylic acids is 1. The Bertz CT molecular complexity index is 565. The summed E-state index contributed by atoms with van der Waals surface area (Å²) >= 11 is 0. The third kappa shape index (κ3) is 4.86. The van der Waals surface area contributed by atoms with Gasteiger partial charge in [-0.1, -0.05) is 6.42 Å². The van der Waals surface area contributed by atoms with E-state index >= 15 is 0 Å². The second kappa shape index (κ2) is 8.54. The van der Waals surface area contributed by atoms with Gasteiger partial charge < -0.3 is 20.1 Å². The summed E-state index contributed by atoms with van der Waals surface area (Å²) < 4.78 is 10.7. The maximum atomic E-state index is 12.4. The summed E-state index contributed by atoms with van der Waals surface area (Å²) in [6, 6.07) is 6.20. The van der Waals surface area contributed by atoms with Gasteiger partial charge in [-0.3, -0.25) is 9.69 Å². The summed E-state index contributed by atoms with van der Waals surface area (Å²) in [4.78, 5) is 14.7. The van der Waals surface area contributed by atoms with Gasteiger partial charge in [-0.2, -0.15) is 0 Å². The Labute approximate surface area is 149 Å². The average Bonchev–Trinajstić information content (AvgIpc) is 3.08. The van der Waals surface area contributed by atoms with Crippen molar-refractivity contribution in [1.29, 1.82) is 0 Å².